The van der Waals surface area contributed by atoms with Gasteiger partial charge < -0.3 is 10.7 Å². The van der Waals surface area contributed by atoms with E-state index in [0.717, 1.165) is 18.4 Å². The highest BCUT2D eigenvalue weighted by Crippen LogP contribution is 2.39. The van der Waals surface area contributed by atoms with Gasteiger partial charge >= 0.3 is 11.9 Å². The Kier molecular flexibility index (Phi) is 8.06. The minimum absolute atomic E-state index is 0.0383. The van der Waals surface area contributed by atoms with E-state index in [0.29, 0.717) is 29.3 Å². The Morgan fingerprint density at radius 2 is 1.79 bits per heavy atom. The van der Waals surface area contributed by atoms with Crippen molar-refractivity contribution in [1.29, 1.82) is 0 Å². The van der Waals surface area contributed by atoms with Gasteiger partial charge in [-0.2, -0.15) is 13.2 Å². The number of nitrogens with two attached hydrogens (primary N) is 1. The van der Waals surface area contributed by atoms with Crippen molar-refractivity contribution in [3.63, 3.8) is 0 Å². The number of hydrogen-bond donors (Lipinski definition) is 2. The summed E-state index contributed by atoms with van der Waals surface area (Å²) in [4.78, 5) is 30.7. The van der Waals surface area contributed by atoms with Gasteiger partial charge in [-0.05, 0) is 67.6 Å². The van der Waals surface area contributed by atoms with Crippen molar-refractivity contribution in [1.82, 2.24) is 14.5 Å². The second-order valence-corrected chi connectivity index (χ2v) is 12.7. The smallest absolute Gasteiger partial charge is 0.327 e. The highest BCUT2D eigenvalue weighted by atomic mass is 35.5. The summed E-state index contributed by atoms with van der Waals surface area (Å²) in [7, 11) is -3.72. The van der Waals surface area contributed by atoms with Crippen molar-refractivity contribution in [3.05, 3.63) is 71.9 Å². The molecule has 8 nitrogen and oxygen atoms in total. The normalized spacial score (nSPS) is 17.2. The van der Waals surface area contributed by atoms with Crippen molar-refractivity contribution >= 4 is 32.3 Å². The Labute approximate surface area is 228 Å². The maximum atomic E-state index is 14.2. The molecule has 212 valence electrons. The Hall–Kier alpha value is -2.67. The van der Waals surface area contributed by atoms with Crippen LogP contribution in [0.4, 0.5) is 13.2 Å². The number of likely N-dealkylation sites (tertiary alicyclic amines) is 1. The van der Waals surface area contributed by atoms with Gasteiger partial charge in [-0.15, -0.1) is 0 Å². The van der Waals surface area contributed by atoms with E-state index in [1.165, 1.54) is 13.0 Å². The number of aryl methyl sites for hydroxylation is 2. The zero-order valence-corrected chi connectivity index (χ0v) is 23.4. The molecule has 0 bridgehead atoms. The summed E-state index contributed by atoms with van der Waals surface area (Å²) < 4.78 is 68.8. The third kappa shape index (κ3) is 5.79. The molecule has 0 unspecified atom stereocenters. The van der Waals surface area contributed by atoms with Crippen molar-refractivity contribution in [3.8, 4) is 0 Å². The second kappa shape index (κ2) is 10.7. The van der Waals surface area contributed by atoms with Gasteiger partial charge in [0.05, 0.1) is 38.7 Å². The third-order valence-corrected chi connectivity index (χ3v) is 9.50. The Morgan fingerprint density at radius 1 is 1.13 bits per heavy atom. The predicted molar refractivity (Wildman–Crippen MR) is 144 cm³/mol. The van der Waals surface area contributed by atoms with Crippen LogP contribution in [0, 0.1) is 13.8 Å². The third-order valence-electron chi connectivity index (χ3n) is 7.27. The van der Waals surface area contributed by atoms with Crippen LogP contribution in [0.3, 0.4) is 0 Å². The van der Waals surface area contributed by atoms with E-state index in [1.807, 2.05) is 0 Å². The molecule has 0 aliphatic carbocycles. The number of hydrogen-bond acceptors (Lipinski definition) is 6. The van der Waals surface area contributed by atoms with Gasteiger partial charge in [0, 0.05) is 19.1 Å². The van der Waals surface area contributed by atoms with Crippen LogP contribution < -0.4 is 17.0 Å². The molecule has 0 saturated carbocycles. The average Bonchev–Trinajstić information content (AvgIpc) is 2.85. The molecule has 3 N–H and O–H groups in total. The maximum absolute atomic E-state index is 14.2. The molecule has 1 saturated heterocycles. The van der Waals surface area contributed by atoms with Gasteiger partial charge in [-0.1, -0.05) is 24.6 Å². The summed E-state index contributed by atoms with van der Waals surface area (Å²) in [5, 5.41) is -0.782. The number of benzene rings is 2. The quantitative estimate of drug-likeness (QED) is 0.454. The molecule has 39 heavy (non-hydrogen) atoms. The van der Waals surface area contributed by atoms with Gasteiger partial charge in [0.2, 0.25) is 0 Å². The van der Waals surface area contributed by atoms with E-state index in [9.17, 15) is 31.2 Å². The summed E-state index contributed by atoms with van der Waals surface area (Å²) in [5.74, 6) is -0.208. The average molecular weight is 587 g/mol. The number of sulfone groups is 1. The van der Waals surface area contributed by atoms with Crippen molar-refractivity contribution in [2.45, 2.75) is 63.8 Å². The molecular formula is C26H30ClF3N4O4S. The van der Waals surface area contributed by atoms with Crippen molar-refractivity contribution in [2.24, 2.45) is 5.73 Å². The van der Waals surface area contributed by atoms with E-state index in [2.05, 4.69) is 4.98 Å². The first kappa shape index (κ1) is 29.3. The Bertz CT molecular complexity index is 1670. The van der Waals surface area contributed by atoms with Gasteiger partial charge in [0.25, 0.3) is 5.56 Å². The number of alkyl halides is 3. The van der Waals surface area contributed by atoms with E-state index in [4.69, 9.17) is 17.3 Å². The van der Waals surface area contributed by atoms with Crippen LogP contribution in [0.2, 0.25) is 5.02 Å². The van der Waals surface area contributed by atoms with Gasteiger partial charge in [0.15, 0.2) is 9.84 Å². The first-order valence-corrected chi connectivity index (χ1v) is 14.5. The summed E-state index contributed by atoms with van der Waals surface area (Å²) in [5.41, 5.74) is 4.16. The predicted octanol–water partition coefficient (Wildman–Crippen LogP) is 3.74. The highest BCUT2D eigenvalue weighted by Gasteiger charge is 2.37. The van der Waals surface area contributed by atoms with Gasteiger partial charge in [-0.25, -0.2) is 13.2 Å². The standard InChI is InChI=1S/C26H30ClF3N4O4S/c1-4-39(37,38)21-9-15(3)14(2)8-16(21)11-34-24(35)18-10-20(26(28,29)30)19(22(27)23(18)32-25(34)36)13-33-7-5-6-17(31)12-33/h8-10,17H,4-7,11-13,31H2,1-3H3,(H,32,36)/t17-/m1/s1. The van der Waals surface area contributed by atoms with Crippen LogP contribution in [-0.4, -0.2) is 47.8 Å². The number of H-pyrrole nitrogens is 1. The molecule has 1 atom stereocenters. The molecule has 0 radical (unpaired) electrons. The Balaban J connectivity index is 1.91. The molecule has 2 aromatic carbocycles. The molecule has 1 aliphatic heterocycles. The lowest BCUT2D eigenvalue weighted by molar-refractivity contribution is -0.138. The lowest BCUT2D eigenvalue weighted by Crippen LogP contribution is -2.42. The minimum Gasteiger partial charge on any atom is -0.327 e. The molecule has 13 heteroatoms. The van der Waals surface area contributed by atoms with Crippen LogP contribution in [0.25, 0.3) is 10.9 Å². The lowest BCUT2D eigenvalue weighted by Gasteiger charge is -2.31. The monoisotopic (exact) mass is 586 g/mol. The second-order valence-electron chi connectivity index (χ2n) is 10.0. The summed E-state index contributed by atoms with van der Waals surface area (Å²) in [6.07, 6.45) is -3.33. The zero-order chi connectivity index (χ0) is 28.9. The summed E-state index contributed by atoms with van der Waals surface area (Å²) >= 11 is 6.45. The number of aromatic amines is 1. The summed E-state index contributed by atoms with van der Waals surface area (Å²) in [6.45, 7) is 5.28. The van der Waals surface area contributed by atoms with E-state index in [1.54, 1.807) is 24.8 Å². The SMILES string of the molecule is CCS(=O)(=O)c1cc(C)c(C)cc1Cn1c(=O)[nH]c2c(Cl)c(CN3CCC[C@@H](N)C3)c(C(F)(F)F)cc2c1=O. The number of fused-ring (bicyclic) bond motifs is 1. The van der Waals surface area contributed by atoms with Crippen LogP contribution >= 0.6 is 11.6 Å². The fourth-order valence-corrected chi connectivity index (χ4v) is 6.49. The number of halogens is 4. The number of rotatable bonds is 6. The van der Waals surface area contributed by atoms with Crippen LogP contribution in [0.1, 0.15) is 47.6 Å². The number of piperidine rings is 1. The van der Waals surface area contributed by atoms with Gasteiger partial charge in [-0.3, -0.25) is 14.3 Å². The molecule has 0 spiro atoms. The van der Waals surface area contributed by atoms with Crippen molar-refractivity contribution in [2.75, 3.05) is 18.8 Å². The first-order chi connectivity index (χ1) is 18.1. The molecule has 4 rings (SSSR count). The summed E-state index contributed by atoms with van der Waals surface area (Å²) in [6, 6.07) is 3.57. The molecule has 0 amide bonds. The fourth-order valence-electron chi connectivity index (χ4n) is 4.99. The zero-order valence-electron chi connectivity index (χ0n) is 21.8. The van der Waals surface area contributed by atoms with Crippen LogP contribution in [0.5, 0.6) is 0 Å². The van der Waals surface area contributed by atoms with Gasteiger partial charge in [0.1, 0.15) is 0 Å². The van der Waals surface area contributed by atoms with E-state index >= 15 is 0 Å². The molecule has 2 heterocycles. The topological polar surface area (TPSA) is 118 Å². The molecule has 1 aromatic heterocycles. The molecule has 1 fully saturated rings. The number of nitrogens with zero attached hydrogens (tertiary/aromatic N) is 2. The highest BCUT2D eigenvalue weighted by molar-refractivity contribution is 7.91. The van der Waals surface area contributed by atoms with Crippen LogP contribution in [0.15, 0.2) is 32.7 Å². The van der Waals surface area contributed by atoms with E-state index < -0.39 is 44.8 Å². The Morgan fingerprint density at radius 3 is 2.41 bits per heavy atom. The number of nitrogens with one attached hydrogen (secondary N) is 1. The molecular weight excluding hydrogens is 557 g/mol. The molecule has 1 aliphatic rings. The number of aromatic nitrogens is 2. The molecule has 3 aromatic rings. The maximum Gasteiger partial charge on any atom is 0.416 e. The first-order valence-electron chi connectivity index (χ1n) is 12.5. The fraction of sp³-hybridized carbons (Fsp3) is 0.462. The lowest BCUT2D eigenvalue weighted by atomic mass is 10.0. The van der Waals surface area contributed by atoms with E-state index in [-0.39, 0.29) is 44.9 Å². The minimum atomic E-state index is -4.82. The largest absolute Gasteiger partial charge is 0.416 e. The van der Waals surface area contributed by atoms with Crippen molar-refractivity contribution < 1.29 is 21.6 Å². The van der Waals surface area contributed by atoms with Crippen LogP contribution in [-0.2, 0) is 29.1 Å².